The summed E-state index contributed by atoms with van der Waals surface area (Å²) < 4.78 is 12.0. The van der Waals surface area contributed by atoms with Crippen molar-refractivity contribution in [3.05, 3.63) is 10.8 Å². The summed E-state index contributed by atoms with van der Waals surface area (Å²) in [6, 6.07) is 0. The Labute approximate surface area is 206 Å². The molecule has 2 rings (SSSR count). The van der Waals surface area contributed by atoms with Crippen molar-refractivity contribution in [3.63, 3.8) is 0 Å². The number of fused-ring (bicyclic) bond motifs is 1. The van der Waals surface area contributed by atoms with Gasteiger partial charge in [0.2, 0.25) is 0 Å². The molecule has 0 N–H and O–H groups in total. The molecule has 0 aliphatic carbocycles. The fourth-order valence-electron chi connectivity index (χ4n) is 4.12. The summed E-state index contributed by atoms with van der Waals surface area (Å²) in [6.07, 6.45) is 23.6. The second-order valence-electron chi connectivity index (χ2n) is 9.33. The highest BCUT2D eigenvalue weighted by molar-refractivity contribution is 7.09. The largest absolute Gasteiger partial charge is 0.474 e. The van der Waals surface area contributed by atoms with E-state index >= 15 is 0 Å². The van der Waals surface area contributed by atoms with E-state index in [2.05, 4.69) is 23.8 Å². The topological polar surface area (TPSA) is 44.2 Å². The molecule has 0 bridgehead atoms. The first kappa shape index (κ1) is 27.9. The number of rotatable bonds is 22. The van der Waals surface area contributed by atoms with Crippen molar-refractivity contribution in [2.45, 2.75) is 129 Å². The van der Waals surface area contributed by atoms with Gasteiger partial charge in [0.25, 0.3) is 11.8 Å². The molecule has 0 aromatic carbocycles. The van der Waals surface area contributed by atoms with Gasteiger partial charge >= 0.3 is 0 Å². The smallest absolute Gasteiger partial charge is 0.278 e. The third-order valence-electron chi connectivity index (χ3n) is 6.22. The monoisotopic (exact) mass is 476 g/mol. The van der Waals surface area contributed by atoms with Crippen LogP contribution >= 0.6 is 11.3 Å². The molecule has 0 fully saturated rings. The Bertz CT molecular complexity index is 661. The first-order chi connectivity index (χ1) is 16.3. The lowest BCUT2D eigenvalue weighted by atomic mass is 10.1. The molecule has 4 nitrogen and oxygen atoms in total. The standard InChI is InChI=1S/C28H48N2O2S/c1-3-5-7-9-11-13-15-17-19-21-31-27-28(30-26-24-33-23-25(26)29-27)32-22-20-18-16-14-12-10-8-6-4-2/h23-24H,3-22H2,1-2H3. The van der Waals surface area contributed by atoms with Crippen LogP contribution in [0, 0.1) is 0 Å². The molecule has 0 aliphatic heterocycles. The van der Waals surface area contributed by atoms with E-state index in [-0.39, 0.29) is 0 Å². The number of unbranched alkanes of at least 4 members (excludes halogenated alkanes) is 16. The van der Waals surface area contributed by atoms with Gasteiger partial charge in [0.1, 0.15) is 11.0 Å². The number of aromatic nitrogens is 2. The Morgan fingerprint density at radius 3 is 1.21 bits per heavy atom. The normalized spacial score (nSPS) is 11.3. The van der Waals surface area contributed by atoms with Gasteiger partial charge in [-0.05, 0) is 12.8 Å². The Balaban J connectivity index is 1.62. The number of thiophene rings is 1. The van der Waals surface area contributed by atoms with Crippen LogP contribution in [0.2, 0.25) is 0 Å². The first-order valence-corrected chi connectivity index (χ1v) is 14.8. The average molecular weight is 477 g/mol. The van der Waals surface area contributed by atoms with E-state index in [0.717, 1.165) is 23.9 Å². The van der Waals surface area contributed by atoms with Crippen LogP contribution in [-0.4, -0.2) is 23.2 Å². The summed E-state index contributed by atoms with van der Waals surface area (Å²) in [5.74, 6) is 1.13. The van der Waals surface area contributed by atoms with Gasteiger partial charge in [-0.25, -0.2) is 9.97 Å². The van der Waals surface area contributed by atoms with Crippen molar-refractivity contribution >= 4 is 22.4 Å². The summed E-state index contributed by atoms with van der Waals surface area (Å²) >= 11 is 1.62. The summed E-state index contributed by atoms with van der Waals surface area (Å²) in [5.41, 5.74) is 1.80. The zero-order valence-electron chi connectivity index (χ0n) is 21.4. The van der Waals surface area contributed by atoms with E-state index in [1.54, 1.807) is 11.3 Å². The van der Waals surface area contributed by atoms with Gasteiger partial charge in [0, 0.05) is 10.8 Å². The molecule has 0 amide bonds. The molecule has 2 aromatic heterocycles. The Morgan fingerprint density at radius 1 is 0.515 bits per heavy atom. The third-order valence-corrected chi connectivity index (χ3v) is 6.94. The highest BCUT2D eigenvalue weighted by Gasteiger charge is 2.12. The van der Waals surface area contributed by atoms with E-state index in [0.29, 0.717) is 25.0 Å². The second kappa shape index (κ2) is 19.0. The molecule has 188 valence electrons. The van der Waals surface area contributed by atoms with E-state index < -0.39 is 0 Å². The molecule has 0 aliphatic rings. The SMILES string of the molecule is CCCCCCCCCCCOc1nc2cscc2nc1OCCCCCCCCCCC. The fourth-order valence-corrected chi connectivity index (χ4v) is 4.79. The molecule has 0 spiro atoms. The molecule has 0 atom stereocenters. The first-order valence-electron chi connectivity index (χ1n) is 13.8. The average Bonchev–Trinajstić information content (AvgIpc) is 3.28. The summed E-state index contributed by atoms with van der Waals surface area (Å²) in [6.45, 7) is 5.92. The van der Waals surface area contributed by atoms with Gasteiger partial charge in [-0.3, -0.25) is 0 Å². The molecular weight excluding hydrogens is 428 g/mol. The van der Waals surface area contributed by atoms with Gasteiger partial charge in [0.05, 0.1) is 13.2 Å². The highest BCUT2D eigenvalue weighted by atomic mass is 32.1. The zero-order valence-corrected chi connectivity index (χ0v) is 22.2. The van der Waals surface area contributed by atoms with E-state index in [4.69, 9.17) is 9.47 Å². The number of hydrogen-bond donors (Lipinski definition) is 0. The van der Waals surface area contributed by atoms with Crippen molar-refractivity contribution in [2.24, 2.45) is 0 Å². The van der Waals surface area contributed by atoms with Gasteiger partial charge in [-0.1, -0.05) is 117 Å². The van der Waals surface area contributed by atoms with Gasteiger partial charge in [-0.15, -0.1) is 11.3 Å². The highest BCUT2D eigenvalue weighted by Crippen LogP contribution is 2.28. The molecule has 0 saturated carbocycles. The van der Waals surface area contributed by atoms with Crippen LogP contribution in [0.3, 0.4) is 0 Å². The third kappa shape index (κ3) is 12.6. The van der Waals surface area contributed by atoms with Gasteiger partial charge in [0.15, 0.2) is 0 Å². The van der Waals surface area contributed by atoms with Crippen molar-refractivity contribution in [3.8, 4) is 11.8 Å². The second-order valence-corrected chi connectivity index (χ2v) is 10.1. The Morgan fingerprint density at radius 2 is 0.848 bits per heavy atom. The van der Waals surface area contributed by atoms with Crippen molar-refractivity contribution < 1.29 is 9.47 Å². The molecule has 33 heavy (non-hydrogen) atoms. The van der Waals surface area contributed by atoms with Crippen LogP contribution in [0.5, 0.6) is 11.8 Å². The minimum atomic E-state index is 0.566. The van der Waals surface area contributed by atoms with Crippen molar-refractivity contribution in [1.29, 1.82) is 0 Å². The summed E-state index contributed by atoms with van der Waals surface area (Å²) in [4.78, 5) is 9.35. The molecular formula is C28H48N2O2S. The predicted molar refractivity (Wildman–Crippen MR) is 143 cm³/mol. The fraction of sp³-hybridized carbons (Fsp3) is 0.786. The Kier molecular flexibility index (Phi) is 16.1. The molecule has 0 saturated heterocycles. The maximum atomic E-state index is 6.02. The van der Waals surface area contributed by atoms with Crippen LogP contribution in [0.25, 0.3) is 11.0 Å². The zero-order chi connectivity index (χ0) is 23.4. The number of ether oxygens (including phenoxy) is 2. The van der Waals surface area contributed by atoms with E-state index in [1.807, 2.05) is 10.8 Å². The molecule has 2 heterocycles. The van der Waals surface area contributed by atoms with E-state index in [9.17, 15) is 0 Å². The lowest BCUT2D eigenvalue weighted by Crippen LogP contribution is -2.06. The predicted octanol–water partition coefficient (Wildman–Crippen LogP) is 9.51. The molecule has 0 unspecified atom stereocenters. The molecule has 5 heteroatoms. The lowest BCUT2D eigenvalue weighted by Gasteiger charge is -2.11. The van der Waals surface area contributed by atoms with Crippen LogP contribution in [0.4, 0.5) is 0 Å². The minimum Gasteiger partial charge on any atom is -0.474 e. The molecule has 2 aromatic rings. The number of nitrogens with zero attached hydrogens (tertiary/aromatic N) is 2. The molecule has 0 radical (unpaired) electrons. The van der Waals surface area contributed by atoms with Crippen LogP contribution in [-0.2, 0) is 0 Å². The summed E-state index contributed by atoms with van der Waals surface area (Å²) in [5, 5.41) is 4.05. The van der Waals surface area contributed by atoms with Gasteiger partial charge < -0.3 is 9.47 Å². The minimum absolute atomic E-state index is 0.566. The van der Waals surface area contributed by atoms with Crippen LogP contribution in [0.15, 0.2) is 10.8 Å². The maximum absolute atomic E-state index is 6.02. The van der Waals surface area contributed by atoms with Crippen LogP contribution in [0.1, 0.15) is 129 Å². The maximum Gasteiger partial charge on any atom is 0.278 e. The number of hydrogen-bond acceptors (Lipinski definition) is 5. The summed E-state index contributed by atoms with van der Waals surface area (Å²) in [7, 11) is 0. The Hall–Kier alpha value is -1.36. The van der Waals surface area contributed by atoms with Crippen molar-refractivity contribution in [2.75, 3.05) is 13.2 Å². The van der Waals surface area contributed by atoms with Gasteiger partial charge in [-0.2, -0.15) is 0 Å². The van der Waals surface area contributed by atoms with Crippen molar-refractivity contribution in [1.82, 2.24) is 9.97 Å². The quantitative estimate of drug-likeness (QED) is 0.159. The lowest BCUT2D eigenvalue weighted by molar-refractivity contribution is 0.243. The van der Waals surface area contributed by atoms with E-state index in [1.165, 1.54) is 103 Å². The van der Waals surface area contributed by atoms with Crippen LogP contribution < -0.4 is 9.47 Å².